The van der Waals surface area contributed by atoms with E-state index in [-0.39, 0.29) is 126 Å². The Morgan fingerprint density at radius 1 is 0.537 bits per heavy atom. The van der Waals surface area contributed by atoms with Crippen molar-refractivity contribution in [3.8, 4) is 5.75 Å². The van der Waals surface area contributed by atoms with E-state index in [2.05, 4.69) is 95.6 Å². The van der Waals surface area contributed by atoms with Gasteiger partial charge in [-0.25, -0.2) is 10.9 Å². The van der Waals surface area contributed by atoms with Crippen LogP contribution in [0.4, 0.5) is 0 Å². The summed E-state index contributed by atoms with van der Waals surface area (Å²) >= 11 is 0. The molecule has 43 nitrogen and oxygen atoms in total. The molecule has 0 saturated carbocycles. The SMILES string of the molecule is CC(=O)N[C@@H](CC(C)C)C(=O)N[C@H](C(=O)N[C@@H](Cc1ccccc1)C(=O)N[C@]1(C)CCCCCC/C=C/CCC[C@@](C)(C(=O)CN[C@@H](C)C(=O)CNC(C)(C)C(=O)CC(=O)[C@H](C)NCCC(=O)[C@H](C)NCCC(=O)[C@H](C)NCN[C@H](C)C(N)=O)NC(=O)[C@H](CC(C)C)NN[C@@H](CCC(N)=O)C(=O)CN[C@@H](C)C(=O)CC(=O)[C@H](Cc2c[nH]c3ccccc23)NC(=O)[C@H](Cc2ccc(O)cc2)NC(=O)[C@H](CCC(=O)O)NC1=O)[C@@H](C)O. The van der Waals surface area contributed by atoms with Gasteiger partial charge in [0.15, 0.2) is 52.0 Å². The number of allylic oxidation sites excluding steroid dienone is 2. The highest BCUT2D eigenvalue weighted by molar-refractivity contribution is 6.07. The summed E-state index contributed by atoms with van der Waals surface area (Å²) in [5, 5.41) is 74.7. The molecule has 4 aromatic rings. The topological polar surface area (TPSA) is 674 Å². The molecule has 0 bridgehead atoms. The third kappa shape index (κ3) is 45.5. The summed E-state index contributed by atoms with van der Waals surface area (Å²) in [6.07, 6.45) is 2.66. The van der Waals surface area contributed by atoms with Crippen LogP contribution in [-0.2, 0) is 115 Å². The molecule has 3 aromatic carbocycles. The Morgan fingerprint density at radius 2 is 1.12 bits per heavy atom. The number of nitrogens with one attached hydrogen (secondary N) is 18. The number of aliphatic hydroxyl groups excluding tert-OH is 1. The molecule has 149 heavy (non-hydrogen) atoms. The summed E-state index contributed by atoms with van der Waals surface area (Å²) in [5.74, 6) is -15.1. The van der Waals surface area contributed by atoms with Crippen LogP contribution < -0.4 is 102 Å². The van der Waals surface area contributed by atoms with Gasteiger partial charge in [0.05, 0.1) is 98.0 Å². The first-order valence-corrected chi connectivity index (χ1v) is 51.5. The fourth-order valence-corrected chi connectivity index (χ4v) is 16.4. The van der Waals surface area contributed by atoms with Gasteiger partial charge in [0.1, 0.15) is 47.5 Å². The van der Waals surface area contributed by atoms with Crippen LogP contribution in [0, 0.1) is 11.8 Å². The molecule has 17 atom stereocenters. The number of primary amides is 2. The fraction of sp³-hybridized carbons (Fsp3) is 0.604. The molecule has 0 saturated heterocycles. The van der Waals surface area contributed by atoms with E-state index < -0.39 is 258 Å². The van der Waals surface area contributed by atoms with E-state index in [1.807, 2.05) is 26.0 Å². The van der Waals surface area contributed by atoms with Gasteiger partial charge in [-0.05, 0) is 187 Å². The Hall–Kier alpha value is -12.5. The summed E-state index contributed by atoms with van der Waals surface area (Å²) in [6.45, 7) is 24.1. The first kappa shape index (κ1) is 127. The molecule has 0 unspecified atom stereocenters. The maximum absolute atomic E-state index is 15.6. The number of fused-ring (bicyclic) bond motifs is 1. The van der Waals surface area contributed by atoms with Crippen molar-refractivity contribution in [3.05, 3.63) is 114 Å². The first-order valence-electron chi connectivity index (χ1n) is 51.5. The number of carbonyl (C=O) groups excluding carboxylic acids is 19. The van der Waals surface area contributed by atoms with Gasteiger partial charge in [0, 0.05) is 88.7 Å². The van der Waals surface area contributed by atoms with Crippen LogP contribution in [0.5, 0.6) is 5.75 Å². The molecule has 0 radical (unpaired) electrons. The second-order valence-electron chi connectivity index (χ2n) is 40.8. The minimum Gasteiger partial charge on any atom is -0.508 e. The van der Waals surface area contributed by atoms with E-state index in [0.717, 1.165) is 0 Å². The lowest BCUT2D eigenvalue weighted by molar-refractivity contribution is -0.140. The van der Waals surface area contributed by atoms with Gasteiger partial charge in [-0.1, -0.05) is 120 Å². The molecule has 0 aliphatic carbocycles. The lowest BCUT2D eigenvalue weighted by atomic mass is 9.88. The van der Waals surface area contributed by atoms with Gasteiger partial charge in [0.2, 0.25) is 59.1 Å². The summed E-state index contributed by atoms with van der Waals surface area (Å²) in [4.78, 5) is 283. The number of benzene rings is 3. The monoisotopic (exact) mass is 2080 g/mol. The van der Waals surface area contributed by atoms with Crippen LogP contribution in [0.2, 0.25) is 0 Å². The second-order valence-corrected chi connectivity index (χ2v) is 40.8. The molecule has 1 aromatic heterocycles. The first-order chi connectivity index (χ1) is 70.1. The number of nitrogens with two attached hydrogens (primary N) is 2. The van der Waals surface area contributed by atoms with Crippen molar-refractivity contribution in [1.82, 2.24) is 95.6 Å². The van der Waals surface area contributed by atoms with E-state index >= 15 is 28.8 Å². The number of aromatic hydroxyl groups is 1. The van der Waals surface area contributed by atoms with Gasteiger partial charge < -0.3 is 95.6 Å². The maximum atomic E-state index is 15.6. The number of aliphatic hydroxyl groups is 1. The number of amides is 10. The number of rotatable bonds is 51. The second kappa shape index (κ2) is 63.5. The fourth-order valence-electron chi connectivity index (χ4n) is 16.4. The molecule has 1 aliphatic rings. The number of phenols is 1. The van der Waals surface area contributed by atoms with Crippen LogP contribution in [0.3, 0.4) is 0 Å². The zero-order valence-corrected chi connectivity index (χ0v) is 89.0. The summed E-state index contributed by atoms with van der Waals surface area (Å²) in [7, 11) is 0. The van der Waals surface area contributed by atoms with Crippen LogP contribution in [0.1, 0.15) is 249 Å². The Bertz CT molecular complexity index is 5220. The molecular formula is C106H162N20O23. The number of hydrogen-bond donors (Lipinski definition) is 23. The number of ketones is 9. The lowest BCUT2D eigenvalue weighted by Gasteiger charge is -2.34. The van der Waals surface area contributed by atoms with Crippen LogP contribution in [0.25, 0.3) is 10.9 Å². The molecule has 2 heterocycles. The zero-order valence-electron chi connectivity index (χ0n) is 89.0. The molecule has 1 aliphatic heterocycles. The highest BCUT2D eigenvalue weighted by Gasteiger charge is 2.44. The van der Waals surface area contributed by atoms with Crippen molar-refractivity contribution in [2.24, 2.45) is 23.3 Å². The molecule has 25 N–H and O–H groups in total. The van der Waals surface area contributed by atoms with Gasteiger partial charge in [-0.2, -0.15) is 0 Å². The van der Waals surface area contributed by atoms with Gasteiger partial charge in [-0.3, -0.25) is 112 Å². The van der Waals surface area contributed by atoms with E-state index in [0.29, 0.717) is 66.1 Å². The number of phenolic OH excluding ortho intramolecular Hbond substituents is 1. The van der Waals surface area contributed by atoms with Crippen molar-refractivity contribution in [1.29, 1.82) is 0 Å². The van der Waals surface area contributed by atoms with Gasteiger partial charge in [-0.15, -0.1) is 0 Å². The summed E-state index contributed by atoms with van der Waals surface area (Å²) in [6, 6.07) is 4.02. The maximum Gasteiger partial charge on any atom is 0.303 e. The third-order valence-corrected chi connectivity index (χ3v) is 26.4. The molecule has 0 fully saturated rings. The number of carbonyl (C=O) groups is 20. The number of hydrogen-bond acceptors (Lipinski definition) is 31. The van der Waals surface area contributed by atoms with Crippen molar-refractivity contribution in [2.45, 2.75) is 359 Å². The zero-order chi connectivity index (χ0) is 111. The van der Waals surface area contributed by atoms with Crippen LogP contribution in [0.15, 0.2) is 97.2 Å². The molecule has 10 amide bonds. The number of Topliss-reactive ketones (excluding diaryl/α,β-unsaturated/α-hetero) is 9. The number of hydrazine groups is 1. The number of carboxylic acids is 1. The Labute approximate surface area is 872 Å². The van der Waals surface area contributed by atoms with E-state index in [1.54, 1.807) is 102 Å². The third-order valence-electron chi connectivity index (χ3n) is 26.4. The average Bonchev–Trinajstić information content (AvgIpc) is 1.75. The Kier molecular flexibility index (Phi) is 54.1. The van der Waals surface area contributed by atoms with Crippen molar-refractivity contribution >= 4 is 128 Å². The normalized spacial score (nSPS) is 21.5. The predicted octanol–water partition coefficient (Wildman–Crippen LogP) is 1.46. The summed E-state index contributed by atoms with van der Waals surface area (Å²) < 4.78 is 0. The quantitative estimate of drug-likeness (QED) is 0.0169. The highest BCUT2D eigenvalue weighted by Crippen LogP contribution is 2.25. The van der Waals surface area contributed by atoms with Crippen LogP contribution in [-0.4, -0.2) is 284 Å². The van der Waals surface area contributed by atoms with Crippen LogP contribution >= 0.6 is 0 Å². The molecule has 5 rings (SSSR count). The van der Waals surface area contributed by atoms with E-state index in [4.69, 9.17) is 11.5 Å². The van der Waals surface area contributed by atoms with Crippen molar-refractivity contribution < 1.29 is 111 Å². The highest BCUT2D eigenvalue weighted by atomic mass is 16.4. The summed E-state index contributed by atoms with van der Waals surface area (Å²) in [5.41, 5.74) is 13.6. The van der Waals surface area contributed by atoms with E-state index in [1.165, 1.54) is 79.7 Å². The standard InChI is InChI=1S/C106H162N20O23/c1-61(2)49-80(117-70(12)128)99(145)122-95(69(11)127)102(148)120-82(51-71-31-25-24-26-32-71)100(146)124-106(16)46-30-23-21-19-17-18-20-22-29-45-105(15,92(138)59-112-67(9)89(135)58-116-104(13,14)91(137)55-87(133)65(7)110-48-43-84(130)63(5)109-47-44-85(131)64(6)114-60-115-68(10)96(108)142)123-101(147)83(50-62(3)4)126-125-77(39-41-93(107)139)90(136)57-111-66(8)86(132)54-88(134)79(53-73-56-113-76-34-28-27-33-75(73)76)118-98(144)81(52-72-35-37-74(129)38-36-72)119-97(143)78(121-103(106)149)40-42-94(140)141/h18,20,24-28,31-38,56,61-69,77-83,95,109-116,125-127,129H,17,19,21-23,29-30,39-55,57-60H2,1-16H3,(H2,107,139)(H2,108,142)(H,117,128)(H,118,144)(H,119,143)(H,120,148)(H,121,149)(H,122,145)(H,123,147)(H,124,146)(H,140,141)/b20-18+/t63-,64-,65-,66-,67-,68+,69+,77-,78-,79-,80-,81-,82-,83-,95-,105-,106+/m0/s1. The van der Waals surface area contributed by atoms with Crippen molar-refractivity contribution in [3.63, 3.8) is 0 Å². The minimum absolute atomic E-state index is 0.0250. The smallest absolute Gasteiger partial charge is 0.303 e. The molecule has 43 heteroatoms. The van der Waals surface area contributed by atoms with E-state index in [9.17, 15) is 82.4 Å². The predicted molar refractivity (Wildman–Crippen MR) is 559 cm³/mol. The minimum atomic E-state index is -2.07. The Morgan fingerprint density at radius 3 is 1.74 bits per heavy atom. The number of para-hydroxylation sites is 1. The number of H-pyrrole nitrogens is 1. The largest absolute Gasteiger partial charge is 0.508 e. The number of aromatic nitrogens is 1. The molecular weight excluding hydrogens is 1920 g/mol. The van der Waals surface area contributed by atoms with Gasteiger partial charge >= 0.3 is 5.97 Å². The number of carboxylic acid groups (broad SMARTS) is 1. The molecule has 824 valence electrons. The van der Waals surface area contributed by atoms with Gasteiger partial charge in [0.25, 0.3) is 0 Å². The van der Waals surface area contributed by atoms with Crippen molar-refractivity contribution in [2.75, 3.05) is 39.4 Å². The number of aliphatic carboxylic acids is 1. The average molecular weight is 2080 g/mol. The lowest BCUT2D eigenvalue weighted by Crippen LogP contribution is -2.65. The Balaban J connectivity index is 1.49. The molecule has 0 spiro atoms. The number of aromatic amines is 1.